The topological polar surface area (TPSA) is 83.6 Å². The molecule has 0 spiro atoms. The zero-order chi connectivity index (χ0) is 19.8. The first-order valence-electron chi connectivity index (χ1n) is 10.4. The van der Waals surface area contributed by atoms with E-state index in [4.69, 9.17) is 4.74 Å². The molecule has 0 aromatic carbocycles. The lowest BCUT2D eigenvalue weighted by Gasteiger charge is -2.26. The molecule has 2 saturated heterocycles. The molecule has 2 aliphatic rings. The summed E-state index contributed by atoms with van der Waals surface area (Å²) in [5, 5.41) is 6.68. The van der Waals surface area contributed by atoms with Crippen LogP contribution in [0.2, 0.25) is 0 Å². The molecular formula is C21H32N4O3. The molecule has 0 saturated carbocycles. The lowest BCUT2D eigenvalue weighted by Crippen LogP contribution is -2.44. The first-order chi connectivity index (χ1) is 13.6. The Labute approximate surface area is 167 Å². The Morgan fingerprint density at radius 1 is 1.25 bits per heavy atom. The highest BCUT2D eigenvalue weighted by Gasteiger charge is 2.28. The molecule has 2 fully saturated rings. The average Bonchev–Trinajstić information content (AvgIpc) is 2.78. The molecule has 1 aromatic heterocycles. The molecule has 2 atom stereocenters. The number of hydrogen-bond donors (Lipinski definition) is 2. The molecule has 0 radical (unpaired) electrons. The second-order valence-corrected chi connectivity index (χ2v) is 7.94. The Balaban J connectivity index is 1.53. The molecule has 28 heavy (non-hydrogen) atoms. The van der Waals surface area contributed by atoms with Crippen molar-refractivity contribution in [3.05, 3.63) is 30.1 Å². The fourth-order valence-electron chi connectivity index (χ4n) is 3.92. The number of carbonyl (C=O) groups is 2. The highest BCUT2D eigenvalue weighted by molar-refractivity contribution is 5.86. The van der Waals surface area contributed by atoms with E-state index < -0.39 is 0 Å². The van der Waals surface area contributed by atoms with Crippen LogP contribution < -0.4 is 10.6 Å². The van der Waals surface area contributed by atoms with E-state index in [0.29, 0.717) is 26.2 Å². The van der Waals surface area contributed by atoms with E-state index in [1.54, 1.807) is 11.1 Å². The Morgan fingerprint density at radius 2 is 2.07 bits per heavy atom. The summed E-state index contributed by atoms with van der Waals surface area (Å²) < 4.78 is 5.35. The van der Waals surface area contributed by atoms with Crippen LogP contribution in [0.15, 0.2) is 24.5 Å². The highest BCUT2D eigenvalue weighted by Crippen LogP contribution is 2.20. The number of amides is 2. The number of hydrogen-bond acceptors (Lipinski definition) is 5. The Morgan fingerprint density at radius 3 is 2.82 bits per heavy atom. The van der Waals surface area contributed by atoms with Crippen LogP contribution in [0.3, 0.4) is 0 Å². The highest BCUT2D eigenvalue weighted by atomic mass is 16.5. The van der Waals surface area contributed by atoms with Crippen molar-refractivity contribution in [1.82, 2.24) is 20.5 Å². The van der Waals surface area contributed by atoms with Crippen LogP contribution in [-0.4, -0.2) is 60.6 Å². The molecule has 1 aromatic rings. The van der Waals surface area contributed by atoms with Gasteiger partial charge >= 0.3 is 0 Å². The van der Waals surface area contributed by atoms with Gasteiger partial charge in [-0.05, 0) is 37.3 Å². The zero-order valence-corrected chi connectivity index (χ0v) is 16.7. The number of pyridine rings is 1. The summed E-state index contributed by atoms with van der Waals surface area (Å²) in [6.45, 7) is 2.78. The number of rotatable bonds is 5. The van der Waals surface area contributed by atoms with Crippen LogP contribution in [0.5, 0.6) is 0 Å². The Hall–Kier alpha value is -1.99. The van der Waals surface area contributed by atoms with E-state index >= 15 is 0 Å². The van der Waals surface area contributed by atoms with Gasteiger partial charge in [0, 0.05) is 70.2 Å². The molecule has 2 amide bonds. The number of aromatic nitrogens is 1. The molecule has 3 heterocycles. The maximum absolute atomic E-state index is 12.7. The van der Waals surface area contributed by atoms with Gasteiger partial charge in [-0.3, -0.25) is 14.6 Å². The van der Waals surface area contributed by atoms with Gasteiger partial charge < -0.3 is 20.3 Å². The van der Waals surface area contributed by atoms with E-state index in [0.717, 1.165) is 44.2 Å². The molecule has 2 N–H and O–H groups in total. The minimum absolute atomic E-state index is 0.0235. The number of nitrogens with zero attached hydrogens (tertiary/aromatic N) is 2. The standard InChI is InChI=1S/C21H32N4O3/c1-25-15-19(23-14-16-4-3-9-22-13-16)6-2-5-17(12-20(25)26)21(27)24-18-7-10-28-11-8-18/h3-4,9,13,17-19,23H,2,5-8,10-12,14-15H2,1H3,(H,24,27). The molecule has 7 nitrogen and oxygen atoms in total. The largest absolute Gasteiger partial charge is 0.381 e. The van der Waals surface area contributed by atoms with Crippen molar-refractivity contribution in [3.8, 4) is 0 Å². The van der Waals surface area contributed by atoms with Gasteiger partial charge in [0.05, 0.1) is 0 Å². The van der Waals surface area contributed by atoms with Crippen molar-refractivity contribution in [1.29, 1.82) is 0 Å². The summed E-state index contributed by atoms with van der Waals surface area (Å²) in [4.78, 5) is 31.3. The maximum Gasteiger partial charge on any atom is 0.223 e. The first kappa shape index (κ1) is 20.7. The monoisotopic (exact) mass is 388 g/mol. The fourth-order valence-corrected chi connectivity index (χ4v) is 3.92. The molecule has 0 aliphatic carbocycles. The second-order valence-electron chi connectivity index (χ2n) is 7.94. The van der Waals surface area contributed by atoms with Gasteiger partial charge in [0.2, 0.25) is 11.8 Å². The van der Waals surface area contributed by atoms with Crippen LogP contribution in [0, 0.1) is 5.92 Å². The minimum Gasteiger partial charge on any atom is -0.381 e. The summed E-state index contributed by atoms with van der Waals surface area (Å²) in [6, 6.07) is 4.36. The van der Waals surface area contributed by atoms with Gasteiger partial charge in [0.1, 0.15) is 0 Å². The van der Waals surface area contributed by atoms with E-state index in [1.165, 1.54) is 0 Å². The SMILES string of the molecule is CN1CC(NCc2cccnc2)CCCC(C(=O)NC2CCOCC2)CC1=O. The van der Waals surface area contributed by atoms with Crippen LogP contribution >= 0.6 is 0 Å². The number of carbonyl (C=O) groups excluding carboxylic acids is 2. The number of ether oxygens (including phenoxy) is 1. The minimum atomic E-state index is -0.241. The molecule has 154 valence electrons. The maximum atomic E-state index is 12.7. The fraction of sp³-hybridized carbons (Fsp3) is 0.667. The van der Waals surface area contributed by atoms with Gasteiger partial charge in [-0.1, -0.05) is 12.5 Å². The van der Waals surface area contributed by atoms with Gasteiger partial charge in [-0.15, -0.1) is 0 Å². The van der Waals surface area contributed by atoms with Crippen molar-refractivity contribution in [2.75, 3.05) is 26.8 Å². The normalized spacial score (nSPS) is 24.9. The van der Waals surface area contributed by atoms with Crippen LogP contribution in [0.25, 0.3) is 0 Å². The zero-order valence-electron chi connectivity index (χ0n) is 16.7. The predicted molar refractivity (Wildman–Crippen MR) is 106 cm³/mol. The summed E-state index contributed by atoms with van der Waals surface area (Å²) in [7, 11) is 1.83. The number of likely N-dealkylation sites (N-methyl/N-ethyl adjacent to an activating group) is 1. The van der Waals surface area contributed by atoms with Gasteiger partial charge in [0.15, 0.2) is 0 Å². The molecule has 0 bridgehead atoms. The van der Waals surface area contributed by atoms with Crippen LogP contribution in [0.4, 0.5) is 0 Å². The van der Waals surface area contributed by atoms with Gasteiger partial charge in [-0.2, -0.15) is 0 Å². The third-order valence-electron chi connectivity index (χ3n) is 5.70. The molecule has 2 aliphatic heterocycles. The van der Waals surface area contributed by atoms with Crippen molar-refractivity contribution in [2.45, 2.75) is 57.2 Å². The smallest absolute Gasteiger partial charge is 0.223 e. The van der Waals surface area contributed by atoms with Crippen LogP contribution in [-0.2, 0) is 20.9 Å². The van der Waals surface area contributed by atoms with E-state index in [1.807, 2.05) is 25.4 Å². The molecule has 2 unspecified atom stereocenters. The quantitative estimate of drug-likeness (QED) is 0.798. The van der Waals surface area contributed by atoms with E-state index in [-0.39, 0.29) is 29.8 Å². The predicted octanol–water partition coefficient (Wildman–Crippen LogP) is 1.48. The average molecular weight is 389 g/mol. The lowest BCUT2D eigenvalue weighted by molar-refractivity contribution is -0.136. The Bertz CT molecular complexity index is 634. The third-order valence-corrected chi connectivity index (χ3v) is 5.70. The van der Waals surface area contributed by atoms with Crippen molar-refractivity contribution >= 4 is 11.8 Å². The summed E-state index contributed by atoms with van der Waals surface area (Å²) in [5.74, 6) is -0.174. The Kier molecular flexibility index (Phi) is 7.80. The van der Waals surface area contributed by atoms with Crippen molar-refractivity contribution < 1.29 is 14.3 Å². The van der Waals surface area contributed by atoms with Crippen molar-refractivity contribution in [3.63, 3.8) is 0 Å². The summed E-state index contributed by atoms with van der Waals surface area (Å²) >= 11 is 0. The first-order valence-corrected chi connectivity index (χ1v) is 10.4. The number of nitrogens with one attached hydrogen (secondary N) is 2. The summed E-state index contributed by atoms with van der Waals surface area (Å²) in [5.41, 5.74) is 1.13. The lowest BCUT2D eigenvalue weighted by atomic mass is 9.95. The molecule has 3 rings (SSSR count). The summed E-state index contributed by atoms with van der Waals surface area (Å²) in [6.07, 6.45) is 8.24. The third kappa shape index (κ3) is 6.27. The van der Waals surface area contributed by atoms with Gasteiger partial charge in [-0.25, -0.2) is 0 Å². The van der Waals surface area contributed by atoms with E-state index in [9.17, 15) is 9.59 Å². The van der Waals surface area contributed by atoms with Gasteiger partial charge in [0.25, 0.3) is 0 Å². The molecule has 7 heteroatoms. The van der Waals surface area contributed by atoms with E-state index in [2.05, 4.69) is 15.6 Å². The van der Waals surface area contributed by atoms with Crippen molar-refractivity contribution in [2.24, 2.45) is 5.92 Å². The van der Waals surface area contributed by atoms with Crippen LogP contribution in [0.1, 0.15) is 44.1 Å². The second kappa shape index (κ2) is 10.5. The molecular weight excluding hydrogens is 356 g/mol.